The zero-order chi connectivity index (χ0) is 20.2. The first-order chi connectivity index (χ1) is 14.1. The highest BCUT2D eigenvalue weighted by molar-refractivity contribution is 5.90. The molecular formula is C23H18N4O2. The lowest BCUT2D eigenvalue weighted by Crippen LogP contribution is -1.93. The van der Waals surface area contributed by atoms with Gasteiger partial charge in [0.1, 0.15) is 5.69 Å². The molecule has 1 aromatic heterocycles. The second-order valence-electron chi connectivity index (χ2n) is 6.52. The summed E-state index contributed by atoms with van der Waals surface area (Å²) in [6.45, 7) is 1.70. The van der Waals surface area contributed by atoms with E-state index in [1.165, 1.54) is 6.07 Å². The van der Waals surface area contributed by atoms with Gasteiger partial charge in [0, 0.05) is 29.6 Å². The molecule has 0 atom stereocenters. The van der Waals surface area contributed by atoms with Crippen molar-refractivity contribution in [2.75, 3.05) is 0 Å². The number of rotatable bonds is 5. The van der Waals surface area contributed by atoms with Gasteiger partial charge in [-0.15, -0.1) is 0 Å². The minimum atomic E-state index is -0.392. The van der Waals surface area contributed by atoms with E-state index in [0.717, 1.165) is 22.5 Å². The molecule has 0 aliphatic heterocycles. The Kier molecular flexibility index (Phi) is 4.99. The Labute approximate surface area is 167 Å². The number of aliphatic imine (C=N–C) groups is 1. The lowest BCUT2D eigenvalue weighted by atomic mass is 10.1. The molecule has 4 rings (SSSR count). The van der Waals surface area contributed by atoms with E-state index in [1.807, 2.05) is 71.5 Å². The summed E-state index contributed by atoms with van der Waals surface area (Å²) < 4.78 is 1.81. The molecule has 6 nitrogen and oxygen atoms in total. The number of nitro groups is 1. The molecule has 0 saturated heterocycles. The number of benzene rings is 3. The number of nitrogens with zero attached hydrogens (tertiary/aromatic N) is 4. The summed E-state index contributed by atoms with van der Waals surface area (Å²) in [4.78, 5) is 15.3. The number of para-hydroxylation sites is 1. The highest BCUT2D eigenvalue weighted by atomic mass is 16.6. The van der Waals surface area contributed by atoms with Gasteiger partial charge >= 0.3 is 0 Å². The van der Waals surface area contributed by atoms with Crippen molar-refractivity contribution >= 4 is 17.6 Å². The second kappa shape index (κ2) is 7.90. The lowest BCUT2D eigenvalue weighted by Gasteiger charge is -2.01. The average Bonchev–Trinajstić information content (AvgIpc) is 3.18. The molecule has 0 N–H and O–H groups in total. The van der Waals surface area contributed by atoms with E-state index in [1.54, 1.807) is 25.3 Å². The van der Waals surface area contributed by atoms with Gasteiger partial charge in [0.2, 0.25) is 0 Å². The molecule has 142 valence electrons. The third kappa shape index (κ3) is 3.82. The van der Waals surface area contributed by atoms with E-state index in [4.69, 9.17) is 5.10 Å². The van der Waals surface area contributed by atoms with Crippen LogP contribution in [0.2, 0.25) is 0 Å². The predicted octanol–water partition coefficient (Wildman–Crippen LogP) is 5.51. The zero-order valence-electron chi connectivity index (χ0n) is 15.8. The van der Waals surface area contributed by atoms with Crippen molar-refractivity contribution in [3.63, 3.8) is 0 Å². The quantitative estimate of drug-likeness (QED) is 0.260. The first-order valence-electron chi connectivity index (χ1n) is 9.12. The van der Waals surface area contributed by atoms with Crippen molar-refractivity contribution in [2.24, 2.45) is 4.99 Å². The lowest BCUT2D eigenvalue weighted by molar-refractivity contribution is -0.385. The molecule has 4 aromatic rings. The van der Waals surface area contributed by atoms with Gasteiger partial charge in [-0.25, -0.2) is 4.68 Å². The van der Waals surface area contributed by atoms with Crippen LogP contribution in [0.3, 0.4) is 0 Å². The Bertz CT molecular complexity index is 1180. The van der Waals surface area contributed by atoms with Crippen molar-refractivity contribution in [2.45, 2.75) is 6.92 Å². The molecule has 0 aliphatic rings. The van der Waals surface area contributed by atoms with Gasteiger partial charge in [0.15, 0.2) is 0 Å². The van der Waals surface area contributed by atoms with Crippen molar-refractivity contribution < 1.29 is 4.92 Å². The normalized spacial score (nSPS) is 11.1. The fourth-order valence-electron chi connectivity index (χ4n) is 3.10. The van der Waals surface area contributed by atoms with Crippen LogP contribution in [0.5, 0.6) is 0 Å². The highest BCUT2D eigenvalue weighted by Crippen LogP contribution is 2.28. The van der Waals surface area contributed by atoms with Crippen molar-refractivity contribution in [3.8, 4) is 16.9 Å². The Morgan fingerprint density at radius 2 is 1.66 bits per heavy atom. The number of hydrogen-bond donors (Lipinski definition) is 0. The van der Waals surface area contributed by atoms with E-state index in [2.05, 4.69) is 4.99 Å². The van der Waals surface area contributed by atoms with Gasteiger partial charge in [0.25, 0.3) is 5.69 Å². The largest absolute Gasteiger partial charge is 0.274 e. The third-order valence-electron chi connectivity index (χ3n) is 4.63. The van der Waals surface area contributed by atoms with E-state index < -0.39 is 4.92 Å². The summed E-state index contributed by atoms with van der Waals surface area (Å²) in [5.41, 5.74) is 4.68. The van der Waals surface area contributed by atoms with Crippen molar-refractivity contribution in [1.82, 2.24) is 9.78 Å². The van der Waals surface area contributed by atoms with Gasteiger partial charge in [-0.05, 0) is 25.1 Å². The highest BCUT2D eigenvalue weighted by Gasteiger charge is 2.14. The molecule has 3 aromatic carbocycles. The molecule has 0 saturated carbocycles. The fourth-order valence-corrected chi connectivity index (χ4v) is 3.10. The number of hydrogen-bond acceptors (Lipinski definition) is 4. The Morgan fingerprint density at radius 1 is 0.966 bits per heavy atom. The summed E-state index contributed by atoms with van der Waals surface area (Å²) in [6, 6.07) is 24.6. The molecule has 0 spiro atoms. The minimum absolute atomic E-state index is 0.0583. The van der Waals surface area contributed by atoms with Crippen LogP contribution < -0.4 is 0 Å². The maximum absolute atomic E-state index is 11.2. The predicted molar refractivity (Wildman–Crippen MR) is 114 cm³/mol. The van der Waals surface area contributed by atoms with Gasteiger partial charge in [-0.3, -0.25) is 15.1 Å². The Hall–Kier alpha value is -4.06. The number of nitro benzene ring substituents is 1. The van der Waals surface area contributed by atoms with E-state index in [-0.39, 0.29) is 5.69 Å². The van der Waals surface area contributed by atoms with Crippen LogP contribution in [-0.2, 0) is 0 Å². The summed E-state index contributed by atoms with van der Waals surface area (Å²) in [5.74, 6) is 0. The molecule has 6 heteroatoms. The molecule has 0 radical (unpaired) electrons. The zero-order valence-corrected chi connectivity index (χ0v) is 15.8. The molecule has 0 unspecified atom stereocenters. The van der Waals surface area contributed by atoms with Crippen LogP contribution >= 0.6 is 0 Å². The molecule has 0 aliphatic carbocycles. The molecular weight excluding hydrogens is 364 g/mol. The van der Waals surface area contributed by atoms with E-state index >= 15 is 0 Å². The third-order valence-corrected chi connectivity index (χ3v) is 4.63. The first kappa shape index (κ1) is 18.3. The molecule has 0 fully saturated rings. The van der Waals surface area contributed by atoms with Crippen LogP contribution in [0.4, 0.5) is 11.4 Å². The summed E-state index contributed by atoms with van der Waals surface area (Å²) >= 11 is 0. The minimum Gasteiger partial charge on any atom is -0.258 e. The Balaban J connectivity index is 1.79. The molecule has 0 bridgehead atoms. The number of aromatic nitrogens is 2. The summed E-state index contributed by atoms with van der Waals surface area (Å²) in [5, 5.41) is 15.9. The molecule has 0 amide bonds. The molecule has 1 heterocycles. The summed E-state index contributed by atoms with van der Waals surface area (Å²) in [7, 11) is 0. The van der Waals surface area contributed by atoms with Crippen molar-refractivity contribution in [3.05, 3.63) is 106 Å². The topological polar surface area (TPSA) is 73.3 Å². The fraction of sp³-hybridized carbons (Fsp3) is 0.0435. The maximum Gasteiger partial charge on any atom is 0.274 e. The van der Waals surface area contributed by atoms with Gasteiger partial charge in [-0.2, -0.15) is 5.10 Å². The van der Waals surface area contributed by atoms with E-state index in [0.29, 0.717) is 11.3 Å². The SMILES string of the molecule is Cc1c(N=Cc2cn(-c3ccccc3)nc2-c2ccccc2)cccc1[N+](=O)[O-]. The van der Waals surface area contributed by atoms with Gasteiger partial charge in [-0.1, -0.05) is 54.6 Å². The maximum atomic E-state index is 11.2. The average molecular weight is 382 g/mol. The van der Waals surface area contributed by atoms with Gasteiger partial charge < -0.3 is 0 Å². The van der Waals surface area contributed by atoms with Crippen LogP contribution in [0.1, 0.15) is 11.1 Å². The smallest absolute Gasteiger partial charge is 0.258 e. The summed E-state index contributed by atoms with van der Waals surface area (Å²) in [6.07, 6.45) is 3.62. The van der Waals surface area contributed by atoms with Crippen LogP contribution in [0, 0.1) is 17.0 Å². The van der Waals surface area contributed by atoms with Crippen molar-refractivity contribution in [1.29, 1.82) is 0 Å². The monoisotopic (exact) mass is 382 g/mol. The second-order valence-corrected chi connectivity index (χ2v) is 6.52. The van der Waals surface area contributed by atoms with Crippen LogP contribution in [-0.4, -0.2) is 20.9 Å². The van der Waals surface area contributed by atoms with Crippen LogP contribution in [0.25, 0.3) is 16.9 Å². The van der Waals surface area contributed by atoms with Gasteiger partial charge in [0.05, 0.1) is 21.9 Å². The Morgan fingerprint density at radius 3 is 2.34 bits per heavy atom. The van der Waals surface area contributed by atoms with Crippen LogP contribution in [0.15, 0.2) is 90.1 Å². The first-order valence-corrected chi connectivity index (χ1v) is 9.12. The van der Waals surface area contributed by atoms with E-state index in [9.17, 15) is 10.1 Å². The standard InChI is InChI=1S/C23H18N4O2/c1-17-21(13-8-14-22(17)27(28)29)24-15-19-16-26(20-11-6-3-7-12-20)25-23(19)18-9-4-2-5-10-18/h2-16H,1H3. The molecule has 29 heavy (non-hydrogen) atoms.